The van der Waals surface area contributed by atoms with Gasteiger partial charge in [0.25, 0.3) is 18.9 Å². The van der Waals surface area contributed by atoms with E-state index >= 15 is 0 Å². The number of ketones is 1. The minimum absolute atomic E-state index is 0.156. The Labute approximate surface area is 181 Å². The number of rotatable bonds is 6. The average Bonchev–Trinajstić information content (AvgIpc) is 3.48. The number of amidine groups is 1. The normalized spacial score (nSPS) is 24.6. The number of alkyl halides is 4. The Kier molecular flexibility index (Phi) is 5.48. The second-order valence-electron chi connectivity index (χ2n) is 7.38. The highest BCUT2D eigenvalue weighted by atomic mass is 79.9. The summed E-state index contributed by atoms with van der Waals surface area (Å²) in [6.45, 7) is 0. The Bertz CT molecular complexity index is 1080. The highest BCUT2D eigenvalue weighted by Gasteiger charge is 2.64. The van der Waals surface area contributed by atoms with Gasteiger partial charge >= 0.3 is 0 Å². The van der Waals surface area contributed by atoms with Crippen molar-refractivity contribution in [2.45, 2.75) is 37.3 Å². The summed E-state index contributed by atoms with van der Waals surface area (Å²) in [7, 11) is 0. The number of pyridine rings is 1. The molecule has 3 atom stereocenters. The highest BCUT2D eigenvalue weighted by Crippen LogP contribution is 2.56. The summed E-state index contributed by atoms with van der Waals surface area (Å²) in [5, 5.41) is 0. The lowest BCUT2D eigenvalue weighted by Gasteiger charge is -2.33. The first-order chi connectivity index (χ1) is 14.6. The number of hydrogen-bond donors (Lipinski definition) is 1. The lowest BCUT2D eigenvalue weighted by Crippen LogP contribution is -2.43. The number of benzene rings is 1. The van der Waals surface area contributed by atoms with Crippen molar-refractivity contribution < 1.29 is 31.5 Å². The van der Waals surface area contributed by atoms with Gasteiger partial charge in [-0.05, 0) is 46.1 Å². The zero-order valence-corrected chi connectivity index (χ0v) is 17.3. The first-order valence-electron chi connectivity index (χ1n) is 9.19. The molecule has 0 radical (unpaired) electrons. The largest absolute Gasteiger partial charge is 0.462 e. The molecule has 0 spiro atoms. The molecule has 31 heavy (non-hydrogen) atoms. The van der Waals surface area contributed by atoms with E-state index in [2.05, 4.69) is 25.9 Å². The van der Waals surface area contributed by atoms with Gasteiger partial charge in [0.15, 0.2) is 11.3 Å². The molecule has 1 aliphatic heterocycles. The van der Waals surface area contributed by atoms with Crippen LogP contribution in [0.3, 0.4) is 0 Å². The SMILES string of the molecule is NC1=N[C@@](c2cc(CC(=O)c3ncc(Br)cc3C(F)F)ccc2F)(C(F)F)[C@H]2C[C@H]2O1. The Morgan fingerprint density at radius 2 is 2.03 bits per heavy atom. The second-order valence-corrected chi connectivity index (χ2v) is 8.30. The first-order valence-corrected chi connectivity index (χ1v) is 9.98. The summed E-state index contributed by atoms with van der Waals surface area (Å²) >= 11 is 3.02. The van der Waals surface area contributed by atoms with E-state index in [0.29, 0.717) is 0 Å². The van der Waals surface area contributed by atoms with Crippen molar-refractivity contribution in [1.82, 2.24) is 4.98 Å². The number of carbonyl (C=O) groups is 1. The van der Waals surface area contributed by atoms with E-state index in [1.165, 1.54) is 12.3 Å². The quantitative estimate of drug-likeness (QED) is 0.463. The van der Waals surface area contributed by atoms with Gasteiger partial charge in [0, 0.05) is 34.1 Å². The number of nitrogens with zero attached hydrogens (tertiary/aromatic N) is 2. The second kappa shape index (κ2) is 7.85. The Hall–Kier alpha value is -2.56. The molecule has 0 bridgehead atoms. The van der Waals surface area contributed by atoms with Gasteiger partial charge in [-0.3, -0.25) is 9.78 Å². The number of ether oxygens (including phenoxy) is 1. The maximum atomic E-state index is 14.7. The standard InChI is InChI=1S/C20H15BrF5N3O2/c21-9-5-10(17(23)24)16(28-7-9)14(30)4-8-1-2-13(22)11(3-8)20(18(25)26)12-6-15(12)31-19(27)29-20/h1-3,5,7,12,15,17-18H,4,6H2,(H2,27,29)/t12-,15+,20+/m0/s1. The third kappa shape index (κ3) is 3.79. The molecule has 1 aliphatic carbocycles. The van der Waals surface area contributed by atoms with Crippen LogP contribution in [-0.4, -0.2) is 29.3 Å². The molecule has 1 fully saturated rings. The molecule has 0 amide bonds. The smallest absolute Gasteiger partial charge is 0.283 e. The van der Waals surface area contributed by atoms with Crippen molar-refractivity contribution in [3.05, 3.63) is 63.1 Å². The topological polar surface area (TPSA) is 77.6 Å². The molecule has 0 saturated heterocycles. The predicted octanol–water partition coefficient (Wildman–Crippen LogP) is 4.54. The maximum Gasteiger partial charge on any atom is 0.283 e. The number of Topliss-reactive ketones (excluding diaryl/α,β-unsaturated/α-hetero) is 1. The molecule has 1 saturated carbocycles. The fourth-order valence-electron chi connectivity index (χ4n) is 3.91. The van der Waals surface area contributed by atoms with Crippen molar-refractivity contribution in [2.24, 2.45) is 16.6 Å². The molecule has 2 N–H and O–H groups in total. The molecule has 4 rings (SSSR count). The van der Waals surface area contributed by atoms with Gasteiger partial charge in [-0.15, -0.1) is 0 Å². The average molecular weight is 504 g/mol. The van der Waals surface area contributed by atoms with Crippen LogP contribution in [0.1, 0.15) is 40.0 Å². The number of hydrogen-bond acceptors (Lipinski definition) is 5. The van der Waals surface area contributed by atoms with E-state index in [1.54, 1.807) is 0 Å². The van der Waals surface area contributed by atoms with Crippen LogP contribution in [0.2, 0.25) is 0 Å². The van der Waals surface area contributed by atoms with Crippen molar-refractivity contribution in [3.63, 3.8) is 0 Å². The predicted molar refractivity (Wildman–Crippen MR) is 104 cm³/mol. The molecule has 2 heterocycles. The lowest BCUT2D eigenvalue weighted by molar-refractivity contribution is 0.0176. The van der Waals surface area contributed by atoms with E-state index in [0.717, 1.165) is 18.2 Å². The van der Waals surface area contributed by atoms with Crippen LogP contribution >= 0.6 is 15.9 Å². The maximum absolute atomic E-state index is 14.7. The van der Waals surface area contributed by atoms with Gasteiger partial charge in [-0.25, -0.2) is 26.9 Å². The van der Waals surface area contributed by atoms with Crippen LogP contribution in [0.15, 0.2) is 39.9 Å². The minimum Gasteiger partial charge on any atom is -0.462 e. The first kappa shape index (κ1) is 21.7. The molecule has 1 aromatic heterocycles. The molecule has 2 aromatic rings. The fourth-order valence-corrected chi connectivity index (χ4v) is 4.26. The molecular formula is C20H15BrF5N3O2. The van der Waals surface area contributed by atoms with Crippen LogP contribution in [0, 0.1) is 11.7 Å². The number of aliphatic imine (C=N–C) groups is 1. The number of nitrogens with two attached hydrogens (primary N) is 1. The van der Waals surface area contributed by atoms with E-state index in [1.807, 2.05) is 0 Å². The van der Waals surface area contributed by atoms with Crippen molar-refractivity contribution in [1.29, 1.82) is 0 Å². The minimum atomic E-state index is -3.08. The molecular weight excluding hydrogens is 489 g/mol. The Morgan fingerprint density at radius 1 is 1.29 bits per heavy atom. The summed E-state index contributed by atoms with van der Waals surface area (Å²) in [6, 6.07) is 3.91. The van der Waals surface area contributed by atoms with Crippen molar-refractivity contribution >= 4 is 27.7 Å². The van der Waals surface area contributed by atoms with Gasteiger partial charge in [-0.2, -0.15) is 0 Å². The number of halogens is 6. The zero-order chi connectivity index (χ0) is 22.5. The van der Waals surface area contributed by atoms with E-state index in [-0.39, 0.29) is 16.5 Å². The summed E-state index contributed by atoms with van der Waals surface area (Å²) in [6.07, 6.45) is -5.61. The summed E-state index contributed by atoms with van der Waals surface area (Å²) < 4.78 is 75.1. The van der Waals surface area contributed by atoms with Gasteiger partial charge in [0.1, 0.15) is 17.6 Å². The molecule has 5 nitrogen and oxygen atoms in total. The summed E-state index contributed by atoms with van der Waals surface area (Å²) in [5.74, 6) is -2.46. The summed E-state index contributed by atoms with van der Waals surface area (Å²) in [5.41, 5.74) is 2.04. The van der Waals surface area contributed by atoms with Crippen LogP contribution in [0.5, 0.6) is 0 Å². The van der Waals surface area contributed by atoms with Gasteiger partial charge in [0.05, 0.1) is 0 Å². The van der Waals surface area contributed by atoms with E-state index < -0.39 is 71.3 Å². The molecule has 11 heteroatoms. The van der Waals surface area contributed by atoms with Crippen LogP contribution in [-0.2, 0) is 16.7 Å². The van der Waals surface area contributed by atoms with Crippen LogP contribution < -0.4 is 5.73 Å². The monoisotopic (exact) mass is 503 g/mol. The van der Waals surface area contributed by atoms with Crippen LogP contribution in [0.4, 0.5) is 22.0 Å². The number of aromatic nitrogens is 1. The van der Waals surface area contributed by atoms with Gasteiger partial charge in [-0.1, -0.05) is 6.07 Å². The third-order valence-electron chi connectivity index (χ3n) is 5.41. The third-order valence-corrected chi connectivity index (χ3v) is 5.84. The molecule has 164 valence electrons. The van der Waals surface area contributed by atoms with Crippen molar-refractivity contribution in [2.75, 3.05) is 0 Å². The number of carbonyl (C=O) groups excluding carboxylic acids is 1. The van der Waals surface area contributed by atoms with Crippen molar-refractivity contribution in [3.8, 4) is 0 Å². The lowest BCUT2D eigenvalue weighted by atomic mass is 9.83. The van der Waals surface area contributed by atoms with Gasteiger partial charge < -0.3 is 10.5 Å². The highest BCUT2D eigenvalue weighted by molar-refractivity contribution is 9.10. The summed E-state index contributed by atoms with van der Waals surface area (Å²) in [4.78, 5) is 20.2. The van der Waals surface area contributed by atoms with E-state index in [9.17, 15) is 26.7 Å². The Balaban J connectivity index is 1.71. The van der Waals surface area contributed by atoms with Gasteiger partial charge in [0.2, 0.25) is 0 Å². The van der Waals surface area contributed by atoms with E-state index in [4.69, 9.17) is 10.5 Å². The molecule has 2 aliphatic rings. The molecule has 0 unspecified atom stereocenters. The molecule has 1 aromatic carbocycles. The fraction of sp³-hybridized carbons (Fsp3) is 0.350. The Morgan fingerprint density at radius 3 is 2.71 bits per heavy atom. The zero-order valence-electron chi connectivity index (χ0n) is 15.7. The van der Waals surface area contributed by atoms with Crippen LogP contribution in [0.25, 0.3) is 0 Å². The number of fused-ring (bicyclic) bond motifs is 1.